The van der Waals surface area contributed by atoms with Crippen molar-refractivity contribution in [1.29, 1.82) is 0 Å². The zero-order chi connectivity index (χ0) is 20.8. The van der Waals surface area contributed by atoms with Crippen molar-refractivity contribution >= 4 is 47.4 Å². The van der Waals surface area contributed by atoms with Crippen LogP contribution in [-0.2, 0) is 6.54 Å². The van der Waals surface area contributed by atoms with Crippen molar-refractivity contribution in [3.63, 3.8) is 0 Å². The van der Waals surface area contributed by atoms with Crippen LogP contribution < -0.4 is 20.3 Å². The third kappa shape index (κ3) is 6.58. The number of guanidine groups is 1. The molecule has 1 unspecified atom stereocenters. The lowest BCUT2D eigenvalue weighted by atomic mass is 10.2. The molecule has 1 aliphatic heterocycles. The highest BCUT2D eigenvalue weighted by Gasteiger charge is 2.25. The molecule has 1 saturated carbocycles. The van der Waals surface area contributed by atoms with Crippen molar-refractivity contribution < 1.29 is 4.74 Å². The Labute approximate surface area is 206 Å². The van der Waals surface area contributed by atoms with E-state index in [2.05, 4.69) is 30.5 Å². The standard InChI is InChI=1S/C22H29ClN6O.HI/c1-24-22(28-17-9-12-29(15-17)21-19(23)7-4-10-26-21)27-14-16-8-11-25-20(13-16)30-18-5-2-3-6-18;/h4,7-8,10-11,13,17-18H,2-3,5-6,9,12,14-15H2,1H3,(H2,24,27,28);1H. The number of aliphatic imine (C=N–C) groups is 1. The Balaban J connectivity index is 0.00000272. The van der Waals surface area contributed by atoms with Crippen molar-refractivity contribution in [2.24, 2.45) is 4.99 Å². The number of pyridine rings is 2. The second-order valence-corrected chi connectivity index (χ2v) is 8.24. The van der Waals surface area contributed by atoms with Gasteiger partial charge in [0.15, 0.2) is 5.96 Å². The third-order valence-electron chi connectivity index (χ3n) is 5.64. The zero-order valence-electron chi connectivity index (χ0n) is 17.8. The number of anilines is 1. The number of ether oxygens (including phenoxy) is 1. The summed E-state index contributed by atoms with van der Waals surface area (Å²) in [6.07, 6.45) is 9.66. The number of halogens is 2. The molecule has 0 bridgehead atoms. The summed E-state index contributed by atoms with van der Waals surface area (Å²) in [4.78, 5) is 15.4. The molecule has 2 aromatic heterocycles. The molecule has 1 aliphatic carbocycles. The minimum Gasteiger partial charge on any atom is -0.474 e. The average Bonchev–Trinajstić information content (AvgIpc) is 3.44. The van der Waals surface area contributed by atoms with Gasteiger partial charge in [0.25, 0.3) is 0 Å². The van der Waals surface area contributed by atoms with Gasteiger partial charge in [-0.2, -0.15) is 0 Å². The molecule has 9 heteroatoms. The van der Waals surface area contributed by atoms with E-state index in [4.69, 9.17) is 16.3 Å². The molecule has 0 radical (unpaired) electrons. The van der Waals surface area contributed by atoms with E-state index in [0.717, 1.165) is 49.7 Å². The van der Waals surface area contributed by atoms with Crippen molar-refractivity contribution in [3.05, 3.63) is 47.2 Å². The maximum absolute atomic E-state index is 6.29. The number of hydrogen-bond donors (Lipinski definition) is 2. The molecular weight excluding hydrogens is 527 g/mol. The second kappa shape index (κ2) is 11.7. The lowest BCUT2D eigenvalue weighted by Gasteiger charge is -2.20. The Morgan fingerprint density at radius 1 is 1.23 bits per heavy atom. The Morgan fingerprint density at radius 2 is 2.06 bits per heavy atom. The van der Waals surface area contributed by atoms with E-state index in [1.165, 1.54) is 12.8 Å². The molecule has 2 aromatic rings. The van der Waals surface area contributed by atoms with Crippen molar-refractivity contribution in [2.75, 3.05) is 25.0 Å². The summed E-state index contributed by atoms with van der Waals surface area (Å²) in [7, 11) is 1.79. The van der Waals surface area contributed by atoms with Gasteiger partial charge in [0.05, 0.1) is 5.02 Å². The quantitative estimate of drug-likeness (QED) is 0.318. The van der Waals surface area contributed by atoms with Gasteiger partial charge in [0.2, 0.25) is 5.88 Å². The maximum Gasteiger partial charge on any atom is 0.213 e. The second-order valence-electron chi connectivity index (χ2n) is 7.84. The lowest BCUT2D eigenvalue weighted by Crippen LogP contribution is -2.44. The first-order valence-corrected chi connectivity index (χ1v) is 11.0. The molecule has 2 N–H and O–H groups in total. The zero-order valence-corrected chi connectivity index (χ0v) is 20.8. The number of hydrogen-bond acceptors (Lipinski definition) is 5. The van der Waals surface area contributed by atoms with Gasteiger partial charge in [-0.05, 0) is 55.9 Å². The first-order chi connectivity index (χ1) is 14.7. The first-order valence-electron chi connectivity index (χ1n) is 10.7. The van der Waals surface area contributed by atoms with E-state index in [0.29, 0.717) is 23.6 Å². The van der Waals surface area contributed by atoms with Crippen LogP contribution in [0.4, 0.5) is 5.82 Å². The van der Waals surface area contributed by atoms with E-state index < -0.39 is 0 Å². The predicted octanol–water partition coefficient (Wildman–Crippen LogP) is 4.01. The molecule has 168 valence electrons. The molecule has 2 aliphatic rings. The molecule has 0 aromatic carbocycles. The smallest absolute Gasteiger partial charge is 0.213 e. The number of nitrogens with one attached hydrogen (secondary N) is 2. The van der Waals surface area contributed by atoms with Gasteiger partial charge in [0, 0.05) is 51.2 Å². The van der Waals surface area contributed by atoms with Crippen molar-refractivity contribution in [2.45, 2.75) is 50.8 Å². The maximum atomic E-state index is 6.29. The molecule has 3 heterocycles. The van der Waals surface area contributed by atoms with Crippen LogP contribution in [0.3, 0.4) is 0 Å². The topological polar surface area (TPSA) is 74.7 Å². The normalized spacial score (nSPS) is 19.2. The monoisotopic (exact) mass is 556 g/mol. The van der Waals surface area contributed by atoms with E-state index in [1.807, 2.05) is 30.5 Å². The Bertz CT molecular complexity index is 877. The molecule has 1 atom stereocenters. The average molecular weight is 557 g/mol. The highest BCUT2D eigenvalue weighted by Crippen LogP contribution is 2.26. The number of nitrogens with zero attached hydrogens (tertiary/aromatic N) is 4. The number of rotatable bonds is 6. The summed E-state index contributed by atoms with van der Waals surface area (Å²) in [5.41, 5.74) is 1.12. The summed E-state index contributed by atoms with van der Waals surface area (Å²) in [6.45, 7) is 2.41. The molecule has 0 amide bonds. The molecule has 0 spiro atoms. The Hall–Kier alpha value is -1.81. The minimum atomic E-state index is 0. The van der Waals surface area contributed by atoms with Crippen LogP contribution in [0.5, 0.6) is 5.88 Å². The SMILES string of the molecule is CN=C(NCc1ccnc(OC2CCCC2)c1)NC1CCN(c2ncccc2Cl)C1.I. The van der Waals surface area contributed by atoms with Gasteiger partial charge in [0.1, 0.15) is 11.9 Å². The van der Waals surface area contributed by atoms with Crippen LogP contribution in [0, 0.1) is 0 Å². The van der Waals surface area contributed by atoms with Crippen molar-refractivity contribution in [1.82, 2.24) is 20.6 Å². The Kier molecular flexibility index (Phi) is 9.01. The van der Waals surface area contributed by atoms with E-state index >= 15 is 0 Å². The summed E-state index contributed by atoms with van der Waals surface area (Å²) >= 11 is 6.29. The molecule has 2 fully saturated rings. The van der Waals surface area contributed by atoms with E-state index in [9.17, 15) is 0 Å². The lowest BCUT2D eigenvalue weighted by molar-refractivity contribution is 0.201. The first kappa shape index (κ1) is 23.8. The van der Waals surface area contributed by atoms with E-state index in [-0.39, 0.29) is 30.0 Å². The highest BCUT2D eigenvalue weighted by atomic mass is 127. The summed E-state index contributed by atoms with van der Waals surface area (Å²) in [5.74, 6) is 2.34. The number of aromatic nitrogens is 2. The van der Waals surface area contributed by atoms with Crippen LogP contribution in [-0.4, -0.2) is 48.2 Å². The van der Waals surface area contributed by atoms with Gasteiger partial charge in [-0.1, -0.05) is 11.6 Å². The summed E-state index contributed by atoms with van der Waals surface area (Å²) in [5, 5.41) is 7.59. The van der Waals surface area contributed by atoms with Crippen LogP contribution in [0.2, 0.25) is 5.02 Å². The largest absolute Gasteiger partial charge is 0.474 e. The predicted molar refractivity (Wildman–Crippen MR) is 136 cm³/mol. The van der Waals surface area contributed by atoms with Gasteiger partial charge in [-0.3, -0.25) is 4.99 Å². The molecule has 31 heavy (non-hydrogen) atoms. The van der Waals surface area contributed by atoms with Gasteiger partial charge >= 0.3 is 0 Å². The molecule has 7 nitrogen and oxygen atoms in total. The van der Waals surface area contributed by atoms with Crippen LogP contribution >= 0.6 is 35.6 Å². The van der Waals surface area contributed by atoms with Gasteiger partial charge in [-0.25, -0.2) is 9.97 Å². The Morgan fingerprint density at radius 3 is 2.84 bits per heavy atom. The molecule has 1 saturated heterocycles. The highest BCUT2D eigenvalue weighted by molar-refractivity contribution is 14.0. The fourth-order valence-corrected chi connectivity index (χ4v) is 4.30. The van der Waals surface area contributed by atoms with E-state index in [1.54, 1.807) is 13.2 Å². The van der Waals surface area contributed by atoms with Gasteiger partial charge < -0.3 is 20.3 Å². The van der Waals surface area contributed by atoms with Crippen LogP contribution in [0.1, 0.15) is 37.7 Å². The van der Waals surface area contributed by atoms with Gasteiger partial charge in [-0.15, -0.1) is 24.0 Å². The van der Waals surface area contributed by atoms with Crippen LogP contribution in [0.25, 0.3) is 0 Å². The fourth-order valence-electron chi connectivity index (χ4n) is 4.06. The summed E-state index contributed by atoms with van der Waals surface area (Å²) in [6, 6.07) is 8.03. The summed E-state index contributed by atoms with van der Waals surface area (Å²) < 4.78 is 6.01. The van der Waals surface area contributed by atoms with Crippen molar-refractivity contribution in [3.8, 4) is 5.88 Å². The minimum absolute atomic E-state index is 0. The van der Waals surface area contributed by atoms with Crippen LogP contribution in [0.15, 0.2) is 41.7 Å². The fraction of sp³-hybridized carbons (Fsp3) is 0.500. The molecule has 4 rings (SSSR count). The third-order valence-corrected chi connectivity index (χ3v) is 5.94. The molecular formula is C22H30ClIN6O.